The normalized spacial score (nSPS) is 11.3. The molecule has 3 N–H and O–H groups in total. The first-order chi connectivity index (χ1) is 22.7. The smallest absolute Gasteiger partial charge is 0.0991 e. The number of thiophene rings is 1. The Kier molecular flexibility index (Phi) is 8.11. The molecular formula is C41H30N4S. The molecule has 7 aromatic rings. The fourth-order valence-corrected chi connectivity index (χ4v) is 6.92. The zero-order chi connectivity index (χ0) is 31.3. The fourth-order valence-electron chi connectivity index (χ4n) is 5.71. The summed E-state index contributed by atoms with van der Waals surface area (Å²) >= 11 is 1.82. The molecule has 5 heteroatoms. The van der Waals surface area contributed by atoms with Crippen molar-refractivity contribution in [1.29, 1.82) is 10.7 Å². The van der Waals surface area contributed by atoms with Crippen molar-refractivity contribution < 1.29 is 0 Å². The molecule has 0 saturated carbocycles. The number of nitriles is 1. The lowest BCUT2D eigenvalue weighted by Gasteiger charge is -2.16. The fraction of sp³-hybridized carbons (Fsp3) is 0.0244. The van der Waals surface area contributed by atoms with E-state index in [-0.39, 0.29) is 0 Å². The van der Waals surface area contributed by atoms with Gasteiger partial charge in [-0.25, -0.2) is 0 Å². The minimum Gasteiger partial charge on any atom is -0.380 e. The van der Waals surface area contributed by atoms with Gasteiger partial charge >= 0.3 is 0 Å². The summed E-state index contributed by atoms with van der Waals surface area (Å²) in [5.41, 5.74) is 8.95. The van der Waals surface area contributed by atoms with E-state index in [4.69, 9.17) is 5.41 Å². The maximum Gasteiger partial charge on any atom is 0.0991 e. The van der Waals surface area contributed by atoms with Gasteiger partial charge < -0.3 is 16.0 Å². The van der Waals surface area contributed by atoms with Gasteiger partial charge in [-0.15, -0.1) is 11.3 Å². The number of allylic oxidation sites excluding steroid dienone is 1. The van der Waals surface area contributed by atoms with E-state index in [1.165, 1.54) is 25.7 Å². The quantitative estimate of drug-likeness (QED) is 0.142. The highest BCUT2D eigenvalue weighted by Gasteiger charge is 2.15. The Hall–Kier alpha value is -5.96. The first kappa shape index (κ1) is 28.8. The molecule has 1 heterocycles. The van der Waals surface area contributed by atoms with Crippen molar-refractivity contribution in [1.82, 2.24) is 5.32 Å². The largest absolute Gasteiger partial charge is 0.380 e. The van der Waals surface area contributed by atoms with Crippen molar-refractivity contribution in [3.05, 3.63) is 174 Å². The molecule has 0 unspecified atom stereocenters. The highest BCUT2D eigenvalue weighted by atomic mass is 32.1. The summed E-state index contributed by atoms with van der Waals surface area (Å²) in [6, 6.07) is 51.4. The van der Waals surface area contributed by atoms with Crippen LogP contribution in [0.1, 0.15) is 22.3 Å². The topological polar surface area (TPSA) is 71.7 Å². The Balaban J connectivity index is 1.20. The van der Waals surface area contributed by atoms with E-state index in [0.29, 0.717) is 23.4 Å². The number of rotatable bonds is 9. The van der Waals surface area contributed by atoms with Crippen LogP contribution in [-0.4, -0.2) is 5.71 Å². The third-order valence-corrected chi connectivity index (χ3v) is 9.19. The van der Waals surface area contributed by atoms with Crippen molar-refractivity contribution in [2.45, 2.75) is 6.54 Å². The molecule has 0 bridgehead atoms. The zero-order valence-corrected chi connectivity index (χ0v) is 25.8. The SMILES string of the molecule is N#Cc1cccc(C(=N)/C=C(\NCc2cccc(Nc3c(-c4ccccc4)ccc4c3sc3ccccc34)c2)c2ccccc2)c1. The predicted octanol–water partition coefficient (Wildman–Crippen LogP) is 10.5. The highest BCUT2D eigenvalue weighted by molar-refractivity contribution is 7.26. The van der Waals surface area contributed by atoms with Gasteiger partial charge in [0, 0.05) is 44.5 Å². The molecule has 0 saturated heterocycles. The van der Waals surface area contributed by atoms with Crippen LogP contribution < -0.4 is 10.6 Å². The molecule has 0 amide bonds. The van der Waals surface area contributed by atoms with E-state index in [0.717, 1.165) is 33.8 Å². The van der Waals surface area contributed by atoms with Crippen LogP contribution in [0.5, 0.6) is 0 Å². The molecule has 0 fully saturated rings. The van der Waals surface area contributed by atoms with Gasteiger partial charge in [-0.1, -0.05) is 115 Å². The van der Waals surface area contributed by atoms with Crippen LogP contribution in [0.15, 0.2) is 152 Å². The van der Waals surface area contributed by atoms with Crippen LogP contribution in [0.4, 0.5) is 11.4 Å². The number of nitrogens with one attached hydrogen (secondary N) is 3. The van der Waals surface area contributed by atoms with Crippen LogP contribution in [0, 0.1) is 16.7 Å². The number of fused-ring (bicyclic) bond motifs is 3. The zero-order valence-electron chi connectivity index (χ0n) is 25.0. The van der Waals surface area contributed by atoms with Crippen molar-refractivity contribution in [3.8, 4) is 17.2 Å². The highest BCUT2D eigenvalue weighted by Crippen LogP contribution is 2.44. The van der Waals surface area contributed by atoms with Gasteiger partial charge in [0.05, 0.1) is 27.7 Å². The van der Waals surface area contributed by atoms with E-state index in [2.05, 4.69) is 102 Å². The number of hydrogen-bond donors (Lipinski definition) is 3. The molecule has 1 aromatic heterocycles. The van der Waals surface area contributed by atoms with Crippen LogP contribution >= 0.6 is 11.3 Å². The first-order valence-electron chi connectivity index (χ1n) is 15.1. The maximum atomic E-state index is 9.34. The van der Waals surface area contributed by atoms with Crippen LogP contribution in [0.25, 0.3) is 37.0 Å². The summed E-state index contributed by atoms with van der Waals surface area (Å²) in [7, 11) is 0. The third-order valence-electron chi connectivity index (χ3n) is 7.99. The van der Waals surface area contributed by atoms with Crippen molar-refractivity contribution >= 4 is 54.3 Å². The van der Waals surface area contributed by atoms with Crippen LogP contribution in [0.3, 0.4) is 0 Å². The molecule has 0 atom stereocenters. The standard InChI is InChI=1S/C41H30N4S/c42-26-28-11-9-17-32(23-28)37(43)25-38(31-15-5-2-6-16-31)44-27-29-12-10-18-33(24-29)45-40-34(30-13-3-1-4-14-30)21-22-36-35-19-7-8-20-39(35)46-41(36)40/h1-25,43-45H,27H2/b38-25-,43-37?. The van der Waals surface area contributed by atoms with Gasteiger partial charge in [0.15, 0.2) is 0 Å². The Morgan fingerprint density at radius 2 is 1.46 bits per heavy atom. The molecule has 0 radical (unpaired) electrons. The average molecular weight is 611 g/mol. The predicted molar refractivity (Wildman–Crippen MR) is 194 cm³/mol. The van der Waals surface area contributed by atoms with E-state index >= 15 is 0 Å². The summed E-state index contributed by atoms with van der Waals surface area (Å²) in [4.78, 5) is 0. The van der Waals surface area contributed by atoms with Gasteiger partial charge in [0.25, 0.3) is 0 Å². The molecule has 4 nitrogen and oxygen atoms in total. The minimum atomic E-state index is 0.337. The second-order valence-corrected chi connectivity index (χ2v) is 12.1. The molecule has 46 heavy (non-hydrogen) atoms. The number of nitrogens with zero attached hydrogens (tertiary/aromatic N) is 1. The summed E-state index contributed by atoms with van der Waals surface area (Å²) in [5, 5.41) is 28.0. The molecule has 7 rings (SSSR count). The Morgan fingerprint density at radius 1 is 0.717 bits per heavy atom. The number of anilines is 2. The monoisotopic (exact) mass is 610 g/mol. The minimum absolute atomic E-state index is 0.337. The molecular weight excluding hydrogens is 581 g/mol. The van der Waals surface area contributed by atoms with Crippen molar-refractivity contribution in [3.63, 3.8) is 0 Å². The number of benzene rings is 6. The van der Waals surface area contributed by atoms with Gasteiger partial charge in [-0.05, 0) is 53.1 Å². The molecule has 0 aliphatic rings. The van der Waals surface area contributed by atoms with Gasteiger partial charge in [0.2, 0.25) is 0 Å². The lowest BCUT2D eigenvalue weighted by molar-refractivity contribution is 0.890. The summed E-state index contributed by atoms with van der Waals surface area (Å²) in [5.74, 6) is 0. The lowest BCUT2D eigenvalue weighted by Crippen LogP contribution is -2.14. The Bertz CT molecular complexity index is 2260. The number of hydrogen-bond acceptors (Lipinski definition) is 5. The van der Waals surface area contributed by atoms with Gasteiger partial charge in [-0.3, -0.25) is 0 Å². The summed E-state index contributed by atoms with van der Waals surface area (Å²) < 4.78 is 2.51. The van der Waals surface area contributed by atoms with E-state index in [9.17, 15) is 5.26 Å². The second kappa shape index (κ2) is 13.0. The Labute approximate surface area is 272 Å². The van der Waals surface area contributed by atoms with Gasteiger partial charge in [0.1, 0.15) is 0 Å². The molecule has 220 valence electrons. The molecule has 6 aromatic carbocycles. The third kappa shape index (κ3) is 6.03. The molecule has 0 aliphatic heterocycles. The van der Waals surface area contributed by atoms with Crippen LogP contribution in [0.2, 0.25) is 0 Å². The summed E-state index contributed by atoms with van der Waals surface area (Å²) in [6.45, 7) is 0.570. The molecule has 0 spiro atoms. The Morgan fingerprint density at radius 3 is 2.28 bits per heavy atom. The van der Waals surface area contributed by atoms with Crippen LogP contribution in [-0.2, 0) is 6.54 Å². The van der Waals surface area contributed by atoms with E-state index in [1.807, 2.05) is 65.9 Å². The summed E-state index contributed by atoms with van der Waals surface area (Å²) in [6.07, 6.45) is 1.84. The molecule has 0 aliphatic carbocycles. The van der Waals surface area contributed by atoms with E-state index in [1.54, 1.807) is 12.1 Å². The lowest BCUT2D eigenvalue weighted by atomic mass is 10.0. The maximum absolute atomic E-state index is 9.34. The first-order valence-corrected chi connectivity index (χ1v) is 15.9. The van der Waals surface area contributed by atoms with Gasteiger partial charge in [-0.2, -0.15) is 5.26 Å². The van der Waals surface area contributed by atoms with E-state index < -0.39 is 0 Å². The average Bonchev–Trinajstić information content (AvgIpc) is 3.50. The van der Waals surface area contributed by atoms with Crippen molar-refractivity contribution in [2.75, 3.05) is 5.32 Å². The second-order valence-electron chi connectivity index (χ2n) is 11.0. The van der Waals surface area contributed by atoms with Crippen molar-refractivity contribution in [2.24, 2.45) is 0 Å².